The minimum absolute atomic E-state index is 0.744. The molecule has 0 fully saturated rings. The summed E-state index contributed by atoms with van der Waals surface area (Å²) in [5.74, 6) is 0. The van der Waals surface area contributed by atoms with Crippen molar-refractivity contribution in [2.24, 2.45) is 0 Å². The molecule has 4 nitrogen and oxygen atoms in total. The van der Waals surface area contributed by atoms with E-state index in [1.165, 1.54) is 14.2 Å². The Morgan fingerprint density at radius 3 is 2.10 bits per heavy atom. The first-order valence-corrected chi connectivity index (χ1v) is 2.93. The van der Waals surface area contributed by atoms with Gasteiger partial charge in [0.15, 0.2) is 0 Å². The molecule has 0 rings (SSSR count). The van der Waals surface area contributed by atoms with Crippen molar-refractivity contribution in [3.8, 4) is 0 Å². The van der Waals surface area contributed by atoms with E-state index in [1.807, 2.05) is 0 Å². The number of methoxy groups -OCH3 is 1. The molecule has 0 aromatic carbocycles. The summed E-state index contributed by atoms with van der Waals surface area (Å²) in [5, 5.41) is 8.49. The van der Waals surface area contributed by atoms with Gasteiger partial charge in [0.1, 0.15) is 5.72 Å². The summed E-state index contributed by atoms with van der Waals surface area (Å²) in [6, 6.07) is 0. The number of ether oxygens (including phenoxy) is 1. The van der Waals surface area contributed by atoms with Gasteiger partial charge in [-0.3, -0.25) is 4.90 Å². The zero-order chi connectivity index (χ0) is 8.36. The van der Waals surface area contributed by atoms with E-state index in [1.54, 1.807) is 13.8 Å². The van der Waals surface area contributed by atoms with E-state index < -0.39 is 11.8 Å². The maximum Gasteiger partial charge on any atom is 0.409 e. The number of rotatable bonds is 2. The van der Waals surface area contributed by atoms with E-state index in [4.69, 9.17) is 9.84 Å². The van der Waals surface area contributed by atoms with E-state index >= 15 is 0 Å². The Morgan fingerprint density at radius 1 is 1.60 bits per heavy atom. The lowest BCUT2D eigenvalue weighted by Gasteiger charge is -2.31. The second kappa shape index (κ2) is 2.88. The van der Waals surface area contributed by atoms with Crippen molar-refractivity contribution >= 4 is 6.09 Å². The summed E-state index contributed by atoms with van der Waals surface area (Å²) < 4.78 is 4.91. The van der Waals surface area contributed by atoms with Crippen molar-refractivity contribution in [3.05, 3.63) is 0 Å². The molecule has 0 bridgehead atoms. The van der Waals surface area contributed by atoms with Gasteiger partial charge in [0, 0.05) is 14.2 Å². The molecule has 10 heavy (non-hydrogen) atoms. The van der Waals surface area contributed by atoms with Crippen LogP contribution in [-0.4, -0.2) is 36.0 Å². The summed E-state index contributed by atoms with van der Waals surface area (Å²) in [6.45, 7) is 3.36. The van der Waals surface area contributed by atoms with Gasteiger partial charge in [0.25, 0.3) is 0 Å². The predicted molar refractivity (Wildman–Crippen MR) is 36.9 cm³/mol. The van der Waals surface area contributed by atoms with Gasteiger partial charge in [-0.25, -0.2) is 4.79 Å². The molecule has 0 unspecified atom stereocenters. The monoisotopic (exact) mass is 147 g/mol. The molecule has 0 saturated heterocycles. The van der Waals surface area contributed by atoms with Gasteiger partial charge in [0.2, 0.25) is 0 Å². The number of amides is 1. The summed E-state index contributed by atoms with van der Waals surface area (Å²) >= 11 is 0. The topological polar surface area (TPSA) is 49.8 Å². The smallest absolute Gasteiger partial charge is 0.409 e. The number of hydrogen-bond acceptors (Lipinski definition) is 2. The lowest BCUT2D eigenvalue weighted by Crippen LogP contribution is -2.45. The third kappa shape index (κ3) is 1.88. The first-order valence-electron chi connectivity index (χ1n) is 2.93. The Balaban J connectivity index is 4.17. The second-order valence-corrected chi connectivity index (χ2v) is 2.49. The van der Waals surface area contributed by atoms with Gasteiger partial charge in [-0.05, 0) is 13.8 Å². The molecule has 1 amide bonds. The molecule has 0 atom stereocenters. The lowest BCUT2D eigenvalue weighted by atomic mass is 10.3. The van der Waals surface area contributed by atoms with Crippen molar-refractivity contribution < 1.29 is 14.6 Å². The first kappa shape index (κ1) is 9.23. The van der Waals surface area contributed by atoms with Gasteiger partial charge < -0.3 is 9.84 Å². The van der Waals surface area contributed by atoms with E-state index in [2.05, 4.69) is 0 Å². The summed E-state index contributed by atoms with van der Waals surface area (Å²) in [4.78, 5) is 11.5. The summed E-state index contributed by atoms with van der Waals surface area (Å²) in [6.07, 6.45) is -0.994. The van der Waals surface area contributed by atoms with E-state index in [0.29, 0.717) is 0 Å². The molecular weight excluding hydrogens is 134 g/mol. The largest absolute Gasteiger partial charge is 0.465 e. The van der Waals surface area contributed by atoms with Crippen molar-refractivity contribution in [1.29, 1.82) is 0 Å². The molecule has 4 heteroatoms. The van der Waals surface area contributed by atoms with Crippen LogP contribution in [0.15, 0.2) is 0 Å². The summed E-state index contributed by atoms with van der Waals surface area (Å²) in [7, 11) is 2.94. The fourth-order valence-electron chi connectivity index (χ4n) is 0.367. The van der Waals surface area contributed by atoms with Crippen LogP contribution in [0.2, 0.25) is 0 Å². The highest BCUT2D eigenvalue weighted by molar-refractivity contribution is 5.65. The average Bonchev–Trinajstić information content (AvgIpc) is 1.86. The van der Waals surface area contributed by atoms with E-state index in [-0.39, 0.29) is 0 Å². The van der Waals surface area contributed by atoms with Crippen LogP contribution in [0, 0.1) is 0 Å². The van der Waals surface area contributed by atoms with Crippen LogP contribution in [0.3, 0.4) is 0 Å². The van der Waals surface area contributed by atoms with Crippen LogP contribution >= 0.6 is 0 Å². The van der Waals surface area contributed by atoms with E-state index in [0.717, 1.165) is 4.90 Å². The van der Waals surface area contributed by atoms with Crippen LogP contribution in [0.25, 0.3) is 0 Å². The van der Waals surface area contributed by atoms with Crippen molar-refractivity contribution in [3.63, 3.8) is 0 Å². The quantitative estimate of drug-likeness (QED) is 0.592. The third-order valence-electron chi connectivity index (χ3n) is 1.59. The number of nitrogens with zero attached hydrogens (tertiary/aromatic N) is 1. The number of carbonyl (C=O) groups is 1. The van der Waals surface area contributed by atoms with Crippen LogP contribution in [0.5, 0.6) is 0 Å². The fraction of sp³-hybridized carbons (Fsp3) is 0.833. The molecule has 0 aliphatic rings. The minimum atomic E-state index is -0.994. The van der Waals surface area contributed by atoms with Crippen molar-refractivity contribution in [2.75, 3.05) is 14.2 Å². The van der Waals surface area contributed by atoms with Crippen LogP contribution in [0.1, 0.15) is 13.8 Å². The van der Waals surface area contributed by atoms with Crippen molar-refractivity contribution in [1.82, 2.24) is 4.90 Å². The van der Waals surface area contributed by atoms with Gasteiger partial charge in [-0.15, -0.1) is 0 Å². The van der Waals surface area contributed by atoms with Gasteiger partial charge >= 0.3 is 6.09 Å². The molecule has 0 aliphatic carbocycles. The molecular formula is C6H13NO3. The molecule has 0 aliphatic heterocycles. The molecule has 0 spiro atoms. The zero-order valence-electron chi connectivity index (χ0n) is 6.71. The normalized spacial score (nSPS) is 11.2. The SMILES string of the molecule is COC(C)(C)N(C)C(=O)O. The van der Waals surface area contributed by atoms with Crippen LogP contribution < -0.4 is 0 Å². The molecule has 0 aromatic rings. The molecule has 0 saturated carbocycles. The highest BCUT2D eigenvalue weighted by atomic mass is 16.5. The average molecular weight is 147 g/mol. The van der Waals surface area contributed by atoms with Crippen LogP contribution in [-0.2, 0) is 4.74 Å². The highest BCUT2D eigenvalue weighted by Gasteiger charge is 2.26. The standard InChI is InChI=1S/C6H13NO3/c1-6(2,10-4)7(3)5(8)9/h1-4H3,(H,8,9). The number of carboxylic acid groups (broad SMARTS) is 1. The van der Waals surface area contributed by atoms with Crippen molar-refractivity contribution in [2.45, 2.75) is 19.6 Å². The summed E-state index contributed by atoms with van der Waals surface area (Å²) in [5.41, 5.74) is -0.744. The molecule has 60 valence electrons. The lowest BCUT2D eigenvalue weighted by molar-refractivity contribution is -0.0815. The number of hydrogen-bond donors (Lipinski definition) is 1. The molecule has 0 aromatic heterocycles. The molecule has 1 N–H and O–H groups in total. The Kier molecular flexibility index (Phi) is 2.65. The van der Waals surface area contributed by atoms with Crippen LogP contribution in [0.4, 0.5) is 4.79 Å². The maximum atomic E-state index is 10.4. The van der Waals surface area contributed by atoms with Gasteiger partial charge in [-0.2, -0.15) is 0 Å². The Hall–Kier alpha value is -0.770. The second-order valence-electron chi connectivity index (χ2n) is 2.49. The predicted octanol–water partition coefficient (Wildman–Crippen LogP) is 0.979. The Bertz CT molecular complexity index is 133. The Labute approximate surface area is 60.4 Å². The van der Waals surface area contributed by atoms with E-state index in [9.17, 15) is 4.79 Å². The maximum absolute atomic E-state index is 10.4. The zero-order valence-corrected chi connectivity index (χ0v) is 6.71. The molecule has 0 heterocycles. The van der Waals surface area contributed by atoms with Gasteiger partial charge in [0.05, 0.1) is 0 Å². The van der Waals surface area contributed by atoms with Gasteiger partial charge in [-0.1, -0.05) is 0 Å². The highest BCUT2D eigenvalue weighted by Crippen LogP contribution is 2.11. The first-order chi connectivity index (χ1) is 4.41. The minimum Gasteiger partial charge on any atom is -0.465 e. The molecule has 0 radical (unpaired) electrons. The fourth-order valence-corrected chi connectivity index (χ4v) is 0.367. The third-order valence-corrected chi connectivity index (χ3v) is 1.59. The Morgan fingerprint density at radius 2 is 2.00 bits per heavy atom.